The van der Waals surface area contributed by atoms with Crippen molar-refractivity contribution in [1.82, 2.24) is 0 Å². The number of carbonyl (C=O) groups is 2. The molecule has 4 heteroatoms. The minimum Gasteiger partial charge on any atom is -0.494 e. The van der Waals surface area contributed by atoms with E-state index in [0.717, 1.165) is 0 Å². The van der Waals surface area contributed by atoms with Gasteiger partial charge < -0.3 is 9.47 Å². The van der Waals surface area contributed by atoms with Crippen LogP contribution in [0.2, 0.25) is 0 Å². The smallest absolute Gasteiger partial charge is 0.316 e. The Kier molecular flexibility index (Phi) is 4.69. The van der Waals surface area contributed by atoms with Gasteiger partial charge in [0.2, 0.25) is 0 Å². The summed E-state index contributed by atoms with van der Waals surface area (Å²) in [5.41, 5.74) is 0.478. The summed E-state index contributed by atoms with van der Waals surface area (Å²) in [6.45, 7) is 3.99. The fraction of sp³-hybridized carbons (Fsp3) is 0.385. The summed E-state index contributed by atoms with van der Waals surface area (Å²) in [5, 5.41) is 0. The molecule has 0 N–H and O–H groups in total. The second-order valence-corrected chi connectivity index (χ2v) is 3.57. The molecule has 0 aliphatic carbocycles. The van der Waals surface area contributed by atoms with Crippen molar-refractivity contribution in [3.05, 3.63) is 29.8 Å². The highest BCUT2D eigenvalue weighted by molar-refractivity contribution is 6.08. The predicted molar refractivity (Wildman–Crippen MR) is 63.1 cm³/mol. The van der Waals surface area contributed by atoms with Crippen LogP contribution in [-0.4, -0.2) is 25.5 Å². The monoisotopic (exact) mass is 236 g/mol. The molecule has 0 aliphatic heterocycles. The predicted octanol–water partition coefficient (Wildman–Crippen LogP) is 2.08. The lowest BCUT2D eigenvalue weighted by molar-refractivity contribution is -0.143. The average molecular weight is 236 g/mol. The fourth-order valence-electron chi connectivity index (χ4n) is 1.42. The first-order valence-electron chi connectivity index (χ1n) is 5.45. The molecular formula is C13H16O4. The van der Waals surface area contributed by atoms with Gasteiger partial charge in [-0.1, -0.05) is 0 Å². The lowest BCUT2D eigenvalue weighted by atomic mass is 9.99. The van der Waals surface area contributed by atoms with E-state index in [2.05, 4.69) is 4.74 Å². The molecule has 0 spiro atoms. The lowest BCUT2D eigenvalue weighted by Gasteiger charge is -2.08. The van der Waals surface area contributed by atoms with E-state index < -0.39 is 11.9 Å². The zero-order valence-electron chi connectivity index (χ0n) is 10.2. The van der Waals surface area contributed by atoms with E-state index in [1.807, 2.05) is 6.92 Å². The first-order chi connectivity index (χ1) is 8.10. The highest BCUT2D eigenvalue weighted by Crippen LogP contribution is 2.15. The van der Waals surface area contributed by atoms with Gasteiger partial charge in [-0.3, -0.25) is 9.59 Å². The van der Waals surface area contributed by atoms with Gasteiger partial charge >= 0.3 is 5.97 Å². The molecule has 92 valence electrons. The Bertz CT molecular complexity index is 394. The zero-order chi connectivity index (χ0) is 12.8. The fourth-order valence-corrected chi connectivity index (χ4v) is 1.42. The lowest BCUT2D eigenvalue weighted by Crippen LogP contribution is -2.22. The van der Waals surface area contributed by atoms with Gasteiger partial charge in [0, 0.05) is 5.56 Å². The molecule has 0 saturated carbocycles. The molecule has 1 atom stereocenters. The molecule has 0 amide bonds. The second-order valence-electron chi connectivity index (χ2n) is 3.57. The van der Waals surface area contributed by atoms with Crippen LogP contribution in [0.5, 0.6) is 5.75 Å². The number of Topliss-reactive ketones (excluding diaryl/α,β-unsaturated/α-hetero) is 1. The molecule has 1 unspecified atom stereocenters. The second kappa shape index (κ2) is 6.03. The molecule has 0 bridgehead atoms. The third kappa shape index (κ3) is 3.31. The van der Waals surface area contributed by atoms with Crippen molar-refractivity contribution in [3.63, 3.8) is 0 Å². The van der Waals surface area contributed by atoms with Crippen LogP contribution in [0.4, 0.5) is 0 Å². The molecule has 0 heterocycles. The summed E-state index contributed by atoms with van der Waals surface area (Å²) in [4.78, 5) is 23.1. The summed E-state index contributed by atoms with van der Waals surface area (Å²) in [6.07, 6.45) is 0. The van der Waals surface area contributed by atoms with Crippen LogP contribution < -0.4 is 4.74 Å². The van der Waals surface area contributed by atoms with Crippen molar-refractivity contribution in [3.8, 4) is 5.75 Å². The van der Waals surface area contributed by atoms with Crippen molar-refractivity contribution in [2.45, 2.75) is 13.8 Å². The number of hydrogen-bond acceptors (Lipinski definition) is 4. The molecule has 0 aliphatic rings. The van der Waals surface area contributed by atoms with Crippen molar-refractivity contribution < 1.29 is 19.1 Å². The van der Waals surface area contributed by atoms with Gasteiger partial charge in [-0.15, -0.1) is 0 Å². The number of ketones is 1. The number of carbonyl (C=O) groups excluding carboxylic acids is 2. The maximum atomic E-state index is 11.9. The van der Waals surface area contributed by atoms with Crippen LogP contribution in [0.1, 0.15) is 24.2 Å². The topological polar surface area (TPSA) is 52.6 Å². The number of methoxy groups -OCH3 is 1. The summed E-state index contributed by atoms with van der Waals surface area (Å²) in [6, 6.07) is 6.71. The molecule has 17 heavy (non-hydrogen) atoms. The first kappa shape index (κ1) is 13.2. The molecule has 0 fully saturated rings. The molecule has 0 aromatic heterocycles. The number of ether oxygens (including phenoxy) is 2. The molecule has 1 aromatic carbocycles. The Morgan fingerprint density at radius 2 is 1.82 bits per heavy atom. The highest BCUT2D eigenvalue weighted by atomic mass is 16.5. The van der Waals surface area contributed by atoms with Crippen LogP contribution in [0, 0.1) is 5.92 Å². The van der Waals surface area contributed by atoms with Gasteiger partial charge in [0.15, 0.2) is 5.78 Å². The standard InChI is InChI=1S/C13H16O4/c1-4-17-11-7-5-10(6-8-11)12(14)9(2)13(15)16-3/h5-9H,4H2,1-3H3. The Morgan fingerprint density at radius 3 is 2.29 bits per heavy atom. The van der Waals surface area contributed by atoms with Crippen molar-refractivity contribution in [2.75, 3.05) is 13.7 Å². The molecule has 4 nitrogen and oxygen atoms in total. The zero-order valence-corrected chi connectivity index (χ0v) is 10.2. The van der Waals surface area contributed by atoms with Crippen molar-refractivity contribution in [1.29, 1.82) is 0 Å². The largest absolute Gasteiger partial charge is 0.494 e. The Hall–Kier alpha value is -1.84. The maximum Gasteiger partial charge on any atom is 0.316 e. The third-order valence-electron chi connectivity index (χ3n) is 2.40. The number of esters is 1. The van der Waals surface area contributed by atoms with Gasteiger partial charge in [-0.05, 0) is 38.1 Å². The van der Waals surface area contributed by atoms with E-state index in [1.54, 1.807) is 24.3 Å². The average Bonchev–Trinajstić information content (AvgIpc) is 2.37. The number of hydrogen-bond donors (Lipinski definition) is 0. The molecule has 0 saturated heterocycles. The molecule has 1 aromatic rings. The Balaban J connectivity index is 2.79. The first-order valence-corrected chi connectivity index (χ1v) is 5.45. The molecule has 1 rings (SSSR count). The van der Waals surface area contributed by atoms with Gasteiger partial charge in [0.1, 0.15) is 11.7 Å². The van der Waals surface area contributed by atoms with Gasteiger partial charge in [-0.2, -0.15) is 0 Å². The number of benzene rings is 1. The van der Waals surface area contributed by atoms with Crippen LogP contribution in [0.3, 0.4) is 0 Å². The van der Waals surface area contributed by atoms with E-state index >= 15 is 0 Å². The van der Waals surface area contributed by atoms with Crippen LogP contribution in [0.15, 0.2) is 24.3 Å². The van der Waals surface area contributed by atoms with Crippen molar-refractivity contribution in [2.24, 2.45) is 5.92 Å². The molecular weight excluding hydrogens is 220 g/mol. The highest BCUT2D eigenvalue weighted by Gasteiger charge is 2.23. The minimum absolute atomic E-state index is 0.250. The Morgan fingerprint density at radius 1 is 1.24 bits per heavy atom. The van der Waals surface area contributed by atoms with E-state index in [1.165, 1.54) is 14.0 Å². The van der Waals surface area contributed by atoms with E-state index in [9.17, 15) is 9.59 Å². The van der Waals surface area contributed by atoms with Crippen LogP contribution in [-0.2, 0) is 9.53 Å². The Labute approximate surface area is 101 Å². The minimum atomic E-state index is -0.780. The summed E-state index contributed by atoms with van der Waals surface area (Å²) in [5.74, 6) is -0.850. The normalized spacial score (nSPS) is 11.7. The van der Waals surface area contributed by atoms with Crippen LogP contribution in [0.25, 0.3) is 0 Å². The van der Waals surface area contributed by atoms with E-state index in [0.29, 0.717) is 17.9 Å². The van der Waals surface area contributed by atoms with Gasteiger partial charge in [-0.25, -0.2) is 0 Å². The van der Waals surface area contributed by atoms with Gasteiger partial charge in [0.05, 0.1) is 13.7 Å². The summed E-state index contributed by atoms with van der Waals surface area (Å²) in [7, 11) is 1.27. The SMILES string of the molecule is CCOc1ccc(C(=O)C(C)C(=O)OC)cc1. The van der Waals surface area contributed by atoms with Crippen LogP contribution >= 0.6 is 0 Å². The quantitative estimate of drug-likeness (QED) is 0.446. The third-order valence-corrected chi connectivity index (χ3v) is 2.40. The van der Waals surface area contributed by atoms with Crippen molar-refractivity contribution >= 4 is 11.8 Å². The summed E-state index contributed by atoms with van der Waals surface area (Å²) >= 11 is 0. The van der Waals surface area contributed by atoms with E-state index in [-0.39, 0.29) is 5.78 Å². The van der Waals surface area contributed by atoms with Gasteiger partial charge in [0.25, 0.3) is 0 Å². The molecule has 0 radical (unpaired) electrons. The summed E-state index contributed by atoms with van der Waals surface area (Å²) < 4.78 is 9.80. The maximum absolute atomic E-state index is 11.9. The van der Waals surface area contributed by atoms with E-state index in [4.69, 9.17) is 4.74 Å². The number of rotatable bonds is 5.